The minimum absolute atomic E-state index is 0.213. The first-order chi connectivity index (χ1) is 12.5. The van der Waals surface area contributed by atoms with Gasteiger partial charge >= 0.3 is 5.97 Å². The van der Waals surface area contributed by atoms with Gasteiger partial charge < -0.3 is 10.5 Å². The number of aromatic nitrogens is 3. The van der Waals surface area contributed by atoms with Crippen LogP contribution in [0.25, 0.3) is 16.9 Å². The molecule has 0 aliphatic carbocycles. The molecule has 0 fully saturated rings. The zero-order valence-corrected chi connectivity index (χ0v) is 15.6. The van der Waals surface area contributed by atoms with E-state index in [1.54, 1.807) is 6.20 Å². The fraction of sp³-hybridized carbons (Fsp3) is 0.350. The molecule has 0 spiro atoms. The van der Waals surface area contributed by atoms with Crippen molar-refractivity contribution in [2.24, 2.45) is 0 Å². The van der Waals surface area contributed by atoms with Crippen molar-refractivity contribution in [3.63, 3.8) is 0 Å². The fourth-order valence-corrected chi connectivity index (χ4v) is 3.07. The number of carbonyl (C=O) groups excluding carboxylic acids is 1. The number of anilines is 1. The lowest BCUT2D eigenvalue weighted by Crippen LogP contribution is -2.13. The van der Waals surface area contributed by atoms with E-state index in [1.165, 1.54) is 0 Å². The average Bonchev–Trinajstić information content (AvgIpc) is 3.04. The second kappa shape index (κ2) is 7.15. The molecule has 1 atom stereocenters. The van der Waals surface area contributed by atoms with Crippen molar-refractivity contribution in [2.75, 3.05) is 12.3 Å². The van der Waals surface area contributed by atoms with Gasteiger partial charge in [0.2, 0.25) is 0 Å². The van der Waals surface area contributed by atoms with Crippen LogP contribution < -0.4 is 5.73 Å². The molecule has 0 radical (unpaired) electrons. The fourth-order valence-electron chi connectivity index (χ4n) is 3.07. The van der Waals surface area contributed by atoms with Crippen molar-refractivity contribution in [1.29, 1.82) is 0 Å². The van der Waals surface area contributed by atoms with E-state index in [1.807, 2.05) is 45.0 Å². The summed E-state index contributed by atoms with van der Waals surface area (Å²) in [5.41, 5.74) is 11.2. The highest BCUT2D eigenvalue weighted by molar-refractivity contribution is 5.82. The molecule has 0 bridgehead atoms. The first kappa shape index (κ1) is 17.9. The van der Waals surface area contributed by atoms with Crippen LogP contribution in [-0.2, 0) is 16.0 Å². The quantitative estimate of drug-likeness (QED) is 0.710. The van der Waals surface area contributed by atoms with Crippen molar-refractivity contribution in [2.45, 2.75) is 40.0 Å². The molecule has 3 rings (SSSR count). The molecule has 136 valence electrons. The maximum Gasteiger partial charge on any atom is 0.313 e. The lowest BCUT2D eigenvalue weighted by molar-refractivity contribution is -0.144. The van der Waals surface area contributed by atoms with Crippen LogP contribution in [-0.4, -0.2) is 27.1 Å². The summed E-state index contributed by atoms with van der Waals surface area (Å²) in [5, 5.41) is 0. The highest BCUT2D eigenvalue weighted by atomic mass is 16.5. The summed E-state index contributed by atoms with van der Waals surface area (Å²) in [6.45, 7) is 8.09. The summed E-state index contributed by atoms with van der Waals surface area (Å²) < 4.78 is 7.20. The Kier molecular flexibility index (Phi) is 4.93. The second-order valence-corrected chi connectivity index (χ2v) is 6.29. The number of hydrogen-bond acceptors (Lipinski definition) is 5. The molecular formula is C20H24N4O2. The number of nitrogens with zero attached hydrogens (tertiary/aromatic N) is 3. The summed E-state index contributed by atoms with van der Waals surface area (Å²) in [7, 11) is 0. The van der Waals surface area contributed by atoms with Crippen molar-refractivity contribution < 1.29 is 9.53 Å². The number of ether oxygens (including phenoxy) is 1. The smallest absolute Gasteiger partial charge is 0.313 e. The summed E-state index contributed by atoms with van der Waals surface area (Å²) in [6, 6.07) is 7.90. The van der Waals surface area contributed by atoms with Gasteiger partial charge in [0, 0.05) is 17.7 Å². The van der Waals surface area contributed by atoms with Gasteiger partial charge in [-0.25, -0.2) is 9.97 Å². The van der Waals surface area contributed by atoms with Crippen LogP contribution in [0.4, 0.5) is 5.69 Å². The molecule has 26 heavy (non-hydrogen) atoms. The number of nitrogen functional groups attached to an aromatic ring is 1. The topological polar surface area (TPSA) is 83.0 Å². The minimum Gasteiger partial charge on any atom is -0.466 e. The lowest BCUT2D eigenvalue weighted by Gasteiger charge is -2.14. The molecule has 6 heteroatoms. The third-order valence-electron chi connectivity index (χ3n) is 4.65. The van der Waals surface area contributed by atoms with Gasteiger partial charge in [-0.1, -0.05) is 19.1 Å². The molecule has 2 heterocycles. The number of carbonyl (C=O) groups is 1. The Labute approximate surface area is 153 Å². The largest absolute Gasteiger partial charge is 0.466 e. The Balaban J connectivity index is 2.07. The second-order valence-electron chi connectivity index (χ2n) is 6.29. The highest BCUT2D eigenvalue weighted by Gasteiger charge is 2.18. The lowest BCUT2D eigenvalue weighted by atomic mass is 10.0. The summed E-state index contributed by atoms with van der Waals surface area (Å²) >= 11 is 0. The van der Waals surface area contributed by atoms with Crippen LogP contribution in [0.15, 0.2) is 30.5 Å². The van der Waals surface area contributed by atoms with Crippen LogP contribution in [0, 0.1) is 6.92 Å². The van der Waals surface area contributed by atoms with E-state index in [0.717, 1.165) is 34.6 Å². The van der Waals surface area contributed by atoms with Gasteiger partial charge in [0.1, 0.15) is 5.82 Å². The number of aryl methyl sites for hydroxylation is 2. The Morgan fingerprint density at radius 1 is 1.27 bits per heavy atom. The number of nitrogens with two attached hydrogens (primary N) is 1. The zero-order valence-electron chi connectivity index (χ0n) is 15.6. The number of rotatable bonds is 5. The Hall–Kier alpha value is -2.89. The van der Waals surface area contributed by atoms with Crippen LogP contribution >= 0.6 is 0 Å². The van der Waals surface area contributed by atoms with Gasteiger partial charge in [0.05, 0.1) is 29.9 Å². The van der Waals surface area contributed by atoms with Gasteiger partial charge in [-0.05, 0) is 38.5 Å². The van der Waals surface area contributed by atoms with Gasteiger partial charge in [0.15, 0.2) is 5.65 Å². The van der Waals surface area contributed by atoms with E-state index in [2.05, 4.69) is 21.5 Å². The normalized spacial score (nSPS) is 12.3. The molecule has 2 N–H and O–H groups in total. The summed E-state index contributed by atoms with van der Waals surface area (Å²) in [5.74, 6) is 0.413. The number of benzene rings is 1. The standard InChI is InChI=1S/C20H24N4O2/c1-5-17-23-19-18(13(4)16(21)11-22-19)24(17)15-9-7-14(8-10-15)12(3)20(25)26-6-2/h7-12H,5-6,21H2,1-4H3. The van der Waals surface area contributed by atoms with Crippen LogP contribution in [0.1, 0.15) is 43.6 Å². The molecule has 1 unspecified atom stereocenters. The molecule has 1 aromatic carbocycles. The molecule has 0 aliphatic rings. The van der Waals surface area contributed by atoms with E-state index in [-0.39, 0.29) is 11.9 Å². The SMILES string of the molecule is CCOC(=O)C(C)c1ccc(-n2c(CC)nc3ncc(N)c(C)c32)cc1. The summed E-state index contributed by atoms with van der Waals surface area (Å²) in [4.78, 5) is 21.0. The van der Waals surface area contributed by atoms with Gasteiger partial charge in [-0.2, -0.15) is 0 Å². The van der Waals surface area contributed by atoms with Crippen molar-refractivity contribution in [3.05, 3.63) is 47.4 Å². The molecule has 2 aromatic heterocycles. The third kappa shape index (κ3) is 3.03. The van der Waals surface area contributed by atoms with Crippen molar-refractivity contribution in [1.82, 2.24) is 14.5 Å². The summed E-state index contributed by atoms with van der Waals surface area (Å²) in [6.07, 6.45) is 2.43. The van der Waals surface area contributed by atoms with Gasteiger partial charge in [-0.15, -0.1) is 0 Å². The molecular weight excluding hydrogens is 328 g/mol. The van der Waals surface area contributed by atoms with Crippen molar-refractivity contribution in [3.8, 4) is 5.69 Å². The maximum atomic E-state index is 12.0. The average molecular weight is 352 g/mol. The first-order valence-corrected chi connectivity index (χ1v) is 8.87. The number of pyridine rings is 1. The van der Waals surface area contributed by atoms with E-state index >= 15 is 0 Å². The van der Waals surface area contributed by atoms with E-state index < -0.39 is 0 Å². The number of hydrogen-bond donors (Lipinski definition) is 1. The van der Waals surface area contributed by atoms with Gasteiger partial charge in [-0.3, -0.25) is 9.36 Å². The molecule has 0 saturated carbocycles. The predicted octanol–water partition coefficient (Wildman–Crippen LogP) is 3.54. The Morgan fingerprint density at radius 2 is 1.96 bits per heavy atom. The highest BCUT2D eigenvalue weighted by Crippen LogP contribution is 2.27. The molecule has 6 nitrogen and oxygen atoms in total. The predicted molar refractivity (Wildman–Crippen MR) is 102 cm³/mol. The van der Waals surface area contributed by atoms with Gasteiger partial charge in [0.25, 0.3) is 0 Å². The Bertz CT molecular complexity index is 945. The molecule has 3 aromatic rings. The number of fused-ring (bicyclic) bond motifs is 1. The molecule has 0 aliphatic heterocycles. The zero-order chi connectivity index (χ0) is 18.8. The van der Waals surface area contributed by atoms with Crippen molar-refractivity contribution >= 4 is 22.8 Å². The Morgan fingerprint density at radius 3 is 2.58 bits per heavy atom. The van der Waals surface area contributed by atoms with E-state index in [4.69, 9.17) is 10.5 Å². The van der Waals surface area contributed by atoms with E-state index in [9.17, 15) is 4.79 Å². The third-order valence-corrected chi connectivity index (χ3v) is 4.65. The van der Waals surface area contributed by atoms with Crippen LogP contribution in [0.2, 0.25) is 0 Å². The number of esters is 1. The van der Waals surface area contributed by atoms with Crippen LogP contribution in [0.3, 0.4) is 0 Å². The molecule has 0 amide bonds. The number of imidazole rings is 1. The van der Waals surface area contributed by atoms with E-state index in [0.29, 0.717) is 17.9 Å². The first-order valence-electron chi connectivity index (χ1n) is 8.87. The minimum atomic E-state index is -0.298. The van der Waals surface area contributed by atoms with Crippen LogP contribution in [0.5, 0.6) is 0 Å². The molecule has 0 saturated heterocycles. The maximum absolute atomic E-state index is 12.0. The monoisotopic (exact) mass is 352 g/mol.